The van der Waals surface area contributed by atoms with Crippen LogP contribution in [0.3, 0.4) is 0 Å². The fourth-order valence-corrected chi connectivity index (χ4v) is 2.60. The van der Waals surface area contributed by atoms with Crippen LogP contribution in [0.4, 0.5) is 0 Å². The molecule has 0 aliphatic heterocycles. The van der Waals surface area contributed by atoms with E-state index in [-0.39, 0.29) is 5.41 Å². The molecule has 0 radical (unpaired) electrons. The third-order valence-electron chi connectivity index (χ3n) is 3.80. The van der Waals surface area contributed by atoms with Gasteiger partial charge in [0, 0.05) is 0 Å². The zero-order valence-corrected chi connectivity index (χ0v) is 13.3. The Hall–Kier alpha value is -0.780. The standard InChI is InChI=1S/C18H30/c1-8-9-16(18(5,6)7)14-10-12-15(13-11-14)17(2,3)4/h10-13,16H,8-9H2,1-7H3. The minimum atomic E-state index is 0.251. The maximum absolute atomic E-state index is 2.35. The topological polar surface area (TPSA) is 0 Å². The van der Waals surface area contributed by atoms with Gasteiger partial charge in [-0.3, -0.25) is 0 Å². The van der Waals surface area contributed by atoms with E-state index in [1.165, 1.54) is 24.0 Å². The van der Waals surface area contributed by atoms with Gasteiger partial charge in [-0.2, -0.15) is 0 Å². The molecule has 0 aliphatic rings. The molecule has 0 bridgehead atoms. The van der Waals surface area contributed by atoms with Crippen molar-refractivity contribution in [3.63, 3.8) is 0 Å². The Kier molecular flexibility index (Phi) is 4.64. The smallest absolute Gasteiger partial charge is 0.0113 e. The van der Waals surface area contributed by atoms with E-state index in [4.69, 9.17) is 0 Å². The molecule has 0 nitrogen and oxygen atoms in total. The summed E-state index contributed by atoms with van der Waals surface area (Å²) in [4.78, 5) is 0. The quantitative estimate of drug-likeness (QED) is 0.621. The molecule has 18 heavy (non-hydrogen) atoms. The number of hydrogen-bond acceptors (Lipinski definition) is 0. The van der Waals surface area contributed by atoms with E-state index in [0.717, 1.165) is 0 Å². The minimum absolute atomic E-state index is 0.251. The first-order valence-corrected chi connectivity index (χ1v) is 7.26. The molecule has 1 rings (SSSR count). The molecule has 0 heterocycles. The van der Waals surface area contributed by atoms with Crippen LogP contribution in [0.15, 0.2) is 24.3 Å². The predicted molar refractivity (Wildman–Crippen MR) is 82.2 cm³/mol. The molecule has 1 aromatic rings. The van der Waals surface area contributed by atoms with Crippen LogP contribution < -0.4 is 0 Å². The molecule has 0 aliphatic carbocycles. The first-order chi connectivity index (χ1) is 8.16. The Bertz CT molecular complexity index is 357. The summed E-state index contributed by atoms with van der Waals surface area (Å²) in [6.45, 7) is 16.2. The first-order valence-electron chi connectivity index (χ1n) is 7.26. The molecule has 0 fully saturated rings. The zero-order chi connectivity index (χ0) is 14.0. The van der Waals surface area contributed by atoms with E-state index in [0.29, 0.717) is 11.3 Å². The number of hydrogen-bond donors (Lipinski definition) is 0. The van der Waals surface area contributed by atoms with Crippen molar-refractivity contribution in [1.29, 1.82) is 0 Å². The lowest BCUT2D eigenvalue weighted by Gasteiger charge is -2.31. The SMILES string of the molecule is CCCC(c1ccc(C(C)(C)C)cc1)C(C)(C)C. The highest BCUT2D eigenvalue weighted by Crippen LogP contribution is 2.39. The van der Waals surface area contributed by atoms with E-state index in [1.807, 2.05) is 0 Å². The van der Waals surface area contributed by atoms with E-state index in [1.54, 1.807) is 0 Å². The average Bonchev–Trinajstić information content (AvgIpc) is 2.23. The summed E-state index contributed by atoms with van der Waals surface area (Å²) < 4.78 is 0. The second-order valence-corrected chi connectivity index (χ2v) is 7.58. The third kappa shape index (κ3) is 3.86. The Labute approximate surface area is 114 Å². The van der Waals surface area contributed by atoms with Gasteiger partial charge in [0.05, 0.1) is 0 Å². The van der Waals surface area contributed by atoms with Gasteiger partial charge in [0.2, 0.25) is 0 Å². The molecule has 0 saturated carbocycles. The van der Waals surface area contributed by atoms with E-state index in [9.17, 15) is 0 Å². The lowest BCUT2D eigenvalue weighted by atomic mass is 9.73. The molecule has 0 saturated heterocycles. The summed E-state index contributed by atoms with van der Waals surface area (Å²) in [5.74, 6) is 0.663. The molecule has 102 valence electrons. The highest BCUT2D eigenvalue weighted by molar-refractivity contribution is 5.30. The predicted octanol–water partition coefficient (Wildman–Crippen LogP) is 5.91. The van der Waals surface area contributed by atoms with Crippen LogP contribution in [0.5, 0.6) is 0 Å². The number of benzene rings is 1. The molecular formula is C18H30. The second kappa shape index (κ2) is 5.47. The van der Waals surface area contributed by atoms with Crippen LogP contribution >= 0.6 is 0 Å². The zero-order valence-electron chi connectivity index (χ0n) is 13.3. The van der Waals surface area contributed by atoms with Crippen molar-refractivity contribution in [2.24, 2.45) is 5.41 Å². The summed E-state index contributed by atoms with van der Waals surface area (Å²) in [5, 5.41) is 0. The molecule has 1 aromatic carbocycles. The van der Waals surface area contributed by atoms with Gasteiger partial charge in [0.15, 0.2) is 0 Å². The van der Waals surface area contributed by atoms with Crippen molar-refractivity contribution in [2.75, 3.05) is 0 Å². The van der Waals surface area contributed by atoms with Crippen molar-refractivity contribution in [3.05, 3.63) is 35.4 Å². The van der Waals surface area contributed by atoms with Crippen molar-refractivity contribution in [3.8, 4) is 0 Å². The average molecular weight is 246 g/mol. The van der Waals surface area contributed by atoms with Gasteiger partial charge in [-0.25, -0.2) is 0 Å². The highest BCUT2D eigenvalue weighted by Gasteiger charge is 2.25. The van der Waals surface area contributed by atoms with Crippen LogP contribution in [-0.4, -0.2) is 0 Å². The van der Waals surface area contributed by atoms with E-state index < -0.39 is 0 Å². The molecule has 1 atom stereocenters. The van der Waals surface area contributed by atoms with Crippen molar-refractivity contribution >= 4 is 0 Å². The Balaban J connectivity index is 3.02. The molecule has 1 unspecified atom stereocenters. The van der Waals surface area contributed by atoms with Gasteiger partial charge in [0.1, 0.15) is 0 Å². The minimum Gasteiger partial charge on any atom is -0.0654 e. The molecule has 0 spiro atoms. The van der Waals surface area contributed by atoms with Gasteiger partial charge in [0.25, 0.3) is 0 Å². The summed E-state index contributed by atoms with van der Waals surface area (Å²) in [5.41, 5.74) is 3.52. The van der Waals surface area contributed by atoms with Crippen LogP contribution in [0, 0.1) is 5.41 Å². The maximum atomic E-state index is 2.35. The van der Waals surface area contributed by atoms with Gasteiger partial charge >= 0.3 is 0 Å². The lowest BCUT2D eigenvalue weighted by molar-refractivity contribution is 0.303. The lowest BCUT2D eigenvalue weighted by Crippen LogP contribution is -2.19. The Morgan fingerprint density at radius 1 is 0.889 bits per heavy atom. The van der Waals surface area contributed by atoms with Crippen LogP contribution in [0.1, 0.15) is 78.4 Å². The van der Waals surface area contributed by atoms with E-state index in [2.05, 4.69) is 72.7 Å². The fraction of sp³-hybridized carbons (Fsp3) is 0.667. The van der Waals surface area contributed by atoms with Gasteiger partial charge in [-0.15, -0.1) is 0 Å². The third-order valence-corrected chi connectivity index (χ3v) is 3.80. The fourth-order valence-electron chi connectivity index (χ4n) is 2.60. The van der Waals surface area contributed by atoms with Crippen molar-refractivity contribution in [2.45, 2.75) is 72.6 Å². The number of rotatable bonds is 3. The molecule has 0 heteroatoms. The summed E-state index contributed by atoms with van der Waals surface area (Å²) in [6.07, 6.45) is 2.53. The summed E-state index contributed by atoms with van der Waals surface area (Å²) in [7, 11) is 0. The van der Waals surface area contributed by atoms with Crippen molar-refractivity contribution in [1.82, 2.24) is 0 Å². The molecule has 0 amide bonds. The maximum Gasteiger partial charge on any atom is -0.0113 e. The normalized spacial score (nSPS) is 14.6. The van der Waals surface area contributed by atoms with Crippen LogP contribution in [-0.2, 0) is 5.41 Å². The molecular weight excluding hydrogens is 216 g/mol. The monoisotopic (exact) mass is 246 g/mol. The second-order valence-electron chi connectivity index (χ2n) is 7.58. The molecule has 0 N–H and O–H groups in total. The first kappa shape index (κ1) is 15.3. The van der Waals surface area contributed by atoms with Gasteiger partial charge < -0.3 is 0 Å². The van der Waals surface area contributed by atoms with Crippen LogP contribution in [0.2, 0.25) is 0 Å². The molecule has 0 aromatic heterocycles. The Morgan fingerprint density at radius 3 is 1.72 bits per heavy atom. The van der Waals surface area contributed by atoms with E-state index >= 15 is 0 Å². The largest absolute Gasteiger partial charge is 0.0654 e. The summed E-state index contributed by atoms with van der Waals surface area (Å²) >= 11 is 0. The van der Waals surface area contributed by atoms with Crippen molar-refractivity contribution < 1.29 is 0 Å². The van der Waals surface area contributed by atoms with Gasteiger partial charge in [-0.1, -0.05) is 79.2 Å². The highest BCUT2D eigenvalue weighted by atomic mass is 14.3. The summed E-state index contributed by atoms with van der Waals surface area (Å²) in [6, 6.07) is 9.30. The Morgan fingerprint density at radius 2 is 1.39 bits per heavy atom. The van der Waals surface area contributed by atoms with Gasteiger partial charge in [-0.05, 0) is 34.3 Å². The van der Waals surface area contributed by atoms with Crippen LogP contribution in [0.25, 0.3) is 0 Å².